The molecule has 0 amide bonds. The Kier molecular flexibility index (Phi) is 7.80. The smallest absolute Gasteiger partial charge is 0.191 e. The molecule has 0 bridgehead atoms. The molecule has 0 saturated heterocycles. The van der Waals surface area contributed by atoms with E-state index in [4.69, 9.17) is 0 Å². The van der Waals surface area contributed by atoms with E-state index in [2.05, 4.69) is 32.6 Å². The second kappa shape index (κ2) is 9.09. The summed E-state index contributed by atoms with van der Waals surface area (Å²) in [6.45, 7) is 5.65. The predicted molar refractivity (Wildman–Crippen MR) is 102 cm³/mol. The van der Waals surface area contributed by atoms with Crippen LogP contribution < -0.4 is 10.6 Å². The first-order chi connectivity index (χ1) is 10.1. The molecule has 2 aromatic rings. The Bertz CT molecular complexity index is 619. The molecule has 2 heterocycles. The summed E-state index contributed by atoms with van der Waals surface area (Å²) >= 11 is 1.76. The third-order valence-electron chi connectivity index (χ3n) is 3.23. The third-order valence-corrected chi connectivity index (χ3v) is 4.36. The first-order valence-electron chi connectivity index (χ1n) is 6.94. The topological polar surface area (TPSA) is 67.1 Å². The van der Waals surface area contributed by atoms with Gasteiger partial charge >= 0.3 is 0 Å². The van der Waals surface area contributed by atoms with Crippen molar-refractivity contribution in [3.05, 3.63) is 33.5 Å². The van der Waals surface area contributed by atoms with Crippen LogP contribution in [0.25, 0.3) is 0 Å². The van der Waals surface area contributed by atoms with E-state index in [0.29, 0.717) is 6.54 Å². The Balaban J connectivity index is 0.00000242. The van der Waals surface area contributed by atoms with Gasteiger partial charge in [-0.1, -0.05) is 0 Å². The molecule has 0 aliphatic heterocycles. The zero-order valence-corrected chi connectivity index (χ0v) is 16.5. The van der Waals surface area contributed by atoms with Crippen molar-refractivity contribution in [3.8, 4) is 0 Å². The van der Waals surface area contributed by atoms with E-state index in [1.165, 1.54) is 4.88 Å². The fraction of sp³-hybridized carbons (Fsp3) is 0.500. The molecule has 0 aliphatic rings. The minimum absolute atomic E-state index is 0. The maximum Gasteiger partial charge on any atom is 0.191 e. The molecule has 0 spiro atoms. The lowest BCUT2D eigenvalue weighted by Gasteiger charge is -2.11. The lowest BCUT2D eigenvalue weighted by atomic mass is 10.3. The molecule has 0 radical (unpaired) electrons. The van der Waals surface area contributed by atoms with Crippen LogP contribution in [0.5, 0.6) is 0 Å². The Labute approximate surface area is 152 Å². The molecular formula is C14H23IN6S. The van der Waals surface area contributed by atoms with Crippen molar-refractivity contribution in [2.45, 2.75) is 26.8 Å². The van der Waals surface area contributed by atoms with Crippen molar-refractivity contribution in [3.63, 3.8) is 0 Å². The number of aryl methyl sites for hydroxylation is 3. The van der Waals surface area contributed by atoms with E-state index in [1.807, 2.05) is 24.7 Å². The highest BCUT2D eigenvalue weighted by atomic mass is 127. The molecule has 0 unspecified atom stereocenters. The summed E-state index contributed by atoms with van der Waals surface area (Å²) in [5.74, 6) is 0.801. The molecule has 122 valence electrons. The van der Waals surface area contributed by atoms with Gasteiger partial charge in [-0.3, -0.25) is 9.67 Å². The molecule has 8 heteroatoms. The Morgan fingerprint density at radius 1 is 1.36 bits per heavy atom. The van der Waals surface area contributed by atoms with Crippen molar-refractivity contribution < 1.29 is 0 Å². The van der Waals surface area contributed by atoms with Gasteiger partial charge in [-0.25, -0.2) is 4.98 Å². The van der Waals surface area contributed by atoms with Gasteiger partial charge in [0.25, 0.3) is 0 Å². The highest BCUT2D eigenvalue weighted by Crippen LogP contribution is 2.16. The summed E-state index contributed by atoms with van der Waals surface area (Å²) in [5.41, 5.74) is 2.25. The summed E-state index contributed by atoms with van der Waals surface area (Å²) in [6, 6.07) is 1.99. The molecular weight excluding hydrogens is 411 g/mol. The van der Waals surface area contributed by atoms with E-state index >= 15 is 0 Å². The van der Waals surface area contributed by atoms with Crippen LogP contribution in [0, 0.1) is 13.8 Å². The molecule has 2 rings (SSSR count). The lowest BCUT2D eigenvalue weighted by molar-refractivity contribution is 0.684. The molecule has 6 nitrogen and oxygen atoms in total. The van der Waals surface area contributed by atoms with Crippen LogP contribution in [0.4, 0.5) is 0 Å². The second-order valence-corrected chi connectivity index (χ2v) is 6.08. The highest BCUT2D eigenvalue weighted by Gasteiger charge is 2.05. The van der Waals surface area contributed by atoms with Crippen LogP contribution in [0.2, 0.25) is 0 Å². The number of hydrogen-bond acceptors (Lipinski definition) is 4. The van der Waals surface area contributed by atoms with Gasteiger partial charge in [0, 0.05) is 38.1 Å². The van der Waals surface area contributed by atoms with E-state index in [9.17, 15) is 0 Å². The van der Waals surface area contributed by atoms with Crippen molar-refractivity contribution >= 4 is 41.3 Å². The largest absolute Gasteiger partial charge is 0.356 e. The van der Waals surface area contributed by atoms with Gasteiger partial charge in [0.2, 0.25) is 0 Å². The number of hydrogen-bond donors (Lipinski definition) is 2. The van der Waals surface area contributed by atoms with Crippen LogP contribution in [-0.4, -0.2) is 34.3 Å². The molecule has 0 fully saturated rings. The van der Waals surface area contributed by atoms with Gasteiger partial charge in [0.05, 0.1) is 22.9 Å². The molecule has 0 aliphatic carbocycles. The zero-order chi connectivity index (χ0) is 15.2. The number of aliphatic imine (C=N–C) groups is 1. The number of rotatable bonds is 5. The van der Waals surface area contributed by atoms with E-state index in [-0.39, 0.29) is 24.0 Å². The van der Waals surface area contributed by atoms with Gasteiger partial charge in [0.1, 0.15) is 0 Å². The van der Waals surface area contributed by atoms with Gasteiger partial charge in [0.15, 0.2) is 5.96 Å². The van der Waals surface area contributed by atoms with Crippen LogP contribution in [0.15, 0.2) is 17.3 Å². The minimum Gasteiger partial charge on any atom is -0.356 e. The van der Waals surface area contributed by atoms with Crippen molar-refractivity contribution in [2.75, 3.05) is 13.6 Å². The SMILES string of the molecule is CN=C(NCCc1sc(C)nc1C)NCc1ccnn1C.I. The Morgan fingerprint density at radius 2 is 2.14 bits per heavy atom. The van der Waals surface area contributed by atoms with Gasteiger partial charge in [-0.2, -0.15) is 5.10 Å². The summed E-state index contributed by atoms with van der Waals surface area (Å²) in [5, 5.41) is 11.9. The molecule has 0 atom stereocenters. The van der Waals surface area contributed by atoms with Crippen LogP contribution >= 0.6 is 35.3 Å². The standard InChI is InChI=1S/C14H22N6S.HI/c1-10-13(21-11(2)19-10)6-7-16-14(15-3)17-9-12-5-8-18-20(12)4;/h5,8H,6-7,9H2,1-4H3,(H2,15,16,17);1H. The summed E-state index contributed by atoms with van der Waals surface area (Å²) < 4.78 is 1.85. The quantitative estimate of drug-likeness (QED) is 0.430. The molecule has 0 aromatic carbocycles. The normalized spacial score (nSPS) is 11.2. The molecule has 0 saturated carbocycles. The van der Waals surface area contributed by atoms with Crippen molar-refractivity contribution in [2.24, 2.45) is 12.0 Å². The first-order valence-corrected chi connectivity index (χ1v) is 7.76. The van der Waals surface area contributed by atoms with E-state index in [1.54, 1.807) is 24.6 Å². The summed E-state index contributed by atoms with van der Waals surface area (Å²) in [7, 11) is 3.71. The fourth-order valence-corrected chi connectivity index (χ4v) is 3.01. The Hall–Kier alpha value is -1.16. The molecule has 2 aromatic heterocycles. The van der Waals surface area contributed by atoms with E-state index in [0.717, 1.165) is 35.3 Å². The number of nitrogens with one attached hydrogen (secondary N) is 2. The number of guanidine groups is 1. The summed E-state index contributed by atoms with van der Waals surface area (Å²) in [4.78, 5) is 10.0. The minimum atomic E-state index is 0. The summed E-state index contributed by atoms with van der Waals surface area (Å²) in [6.07, 6.45) is 2.76. The van der Waals surface area contributed by atoms with Crippen LogP contribution in [0.1, 0.15) is 21.3 Å². The van der Waals surface area contributed by atoms with Gasteiger partial charge < -0.3 is 10.6 Å². The lowest BCUT2D eigenvalue weighted by Crippen LogP contribution is -2.38. The first kappa shape index (κ1) is 18.9. The second-order valence-electron chi connectivity index (χ2n) is 4.79. The molecule has 2 N–H and O–H groups in total. The highest BCUT2D eigenvalue weighted by molar-refractivity contribution is 14.0. The number of halogens is 1. The van der Waals surface area contributed by atoms with Crippen LogP contribution in [0.3, 0.4) is 0 Å². The number of thiazole rings is 1. The number of aromatic nitrogens is 3. The van der Waals surface area contributed by atoms with Gasteiger partial charge in [-0.05, 0) is 19.9 Å². The predicted octanol–water partition coefficient (Wildman–Crippen LogP) is 2.02. The zero-order valence-electron chi connectivity index (χ0n) is 13.4. The number of nitrogens with zero attached hydrogens (tertiary/aromatic N) is 4. The monoisotopic (exact) mass is 434 g/mol. The third kappa shape index (κ3) is 5.24. The van der Waals surface area contributed by atoms with Crippen LogP contribution in [-0.2, 0) is 20.0 Å². The van der Waals surface area contributed by atoms with Gasteiger partial charge in [-0.15, -0.1) is 35.3 Å². The average Bonchev–Trinajstić information content (AvgIpc) is 2.99. The molecule has 22 heavy (non-hydrogen) atoms. The fourth-order valence-electron chi connectivity index (χ4n) is 2.07. The van der Waals surface area contributed by atoms with Crippen molar-refractivity contribution in [1.82, 2.24) is 25.4 Å². The van der Waals surface area contributed by atoms with E-state index < -0.39 is 0 Å². The maximum absolute atomic E-state index is 4.44. The van der Waals surface area contributed by atoms with Crippen molar-refractivity contribution in [1.29, 1.82) is 0 Å². The Morgan fingerprint density at radius 3 is 2.68 bits per heavy atom. The average molecular weight is 434 g/mol. The maximum atomic E-state index is 4.44.